The van der Waals surface area contributed by atoms with Gasteiger partial charge in [0.25, 0.3) is 21.6 Å². The molecule has 2 aromatic carbocycles. The van der Waals surface area contributed by atoms with Crippen LogP contribution in [0.15, 0.2) is 47.4 Å². The summed E-state index contributed by atoms with van der Waals surface area (Å²) in [6, 6.07) is 9.05. The Morgan fingerprint density at radius 3 is 2.54 bits per heavy atom. The Morgan fingerprint density at radius 2 is 1.88 bits per heavy atom. The lowest BCUT2D eigenvalue weighted by atomic mass is 10.3. The van der Waals surface area contributed by atoms with Crippen LogP contribution in [0.4, 0.5) is 5.69 Å². The molecule has 1 amide bonds. The third-order valence-electron chi connectivity index (χ3n) is 2.93. The van der Waals surface area contributed by atoms with E-state index in [1.54, 1.807) is 4.83 Å². The predicted octanol–water partition coefficient (Wildman–Crippen LogP) is 2.29. The summed E-state index contributed by atoms with van der Waals surface area (Å²) < 4.78 is 29.4. The Kier molecular flexibility index (Phi) is 6.37. The van der Waals surface area contributed by atoms with Crippen LogP contribution in [0.2, 0.25) is 10.0 Å². The molecule has 0 fully saturated rings. The molecule has 0 radical (unpaired) electrons. The number of rotatable bonds is 7. The lowest BCUT2D eigenvalue weighted by Gasteiger charge is -2.10. The van der Waals surface area contributed by atoms with Gasteiger partial charge in [0.15, 0.2) is 11.5 Å². The first-order valence-electron chi connectivity index (χ1n) is 6.82. The molecule has 0 aliphatic heterocycles. The minimum absolute atomic E-state index is 0.172. The van der Waals surface area contributed by atoms with E-state index in [1.165, 1.54) is 30.3 Å². The van der Waals surface area contributed by atoms with Crippen LogP contribution in [0.3, 0.4) is 0 Å². The van der Waals surface area contributed by atoms with E-state index in [-0.39, 0.29) is 10.8 Å². The standard InChI is InChI=1S/C14H11Cl2N3O6S/c15-9-5-6-12(10(16)7-9)25-8-14(20)17-18-26(23,24)13-4-2-1-3-11(13)19(21)22/h1-7,18H,8H2,(H,17,20). The largest absolute Gasteiger partial charge is 0.482 e. The van der Waals surface area contributed by atoms with Gasteiger partial charge in [-0.2, -0.15) is 0 Å². The zero-order valence-electron chi connectivity index (χ0n) is 12.8. The summed E-state index contributed by atoms with van der Waals surface area (Å²) in [5, 5.41) is 11.5. The maximum absolute atomic E-state index is 12.1. The Bertz CT molecular complexity index is 951. The fourth-order valence-electron chi connectivity index (χ4n) is 1.79. The predicted molar refractivity (Wildman–Crippen MR) is 93.5 cm³/mol. The number of hydrogen-bond donors (Lipinski definition) is 2. The molecule has 2 rings (SSSR count). The Balaban J connectivity index is 1.99. The molecule has 2 aromatic rings. The summed E-state index contributed by atoms with van der Waals surface area (Å²) in [6.45, 7) is -0.555. The van der Waals surface area contributed by atoms with Gasteiger partial charge in [-0.25, -0.2) is 8.42 Å². The van der Waals surface area contributed by atoms with E-state index < -0.39 is 38.0 Å². The van der Waals surface area contributed by atoms with Crippen LogP contribution in [0.5, 0.6) is 5.75 Å². The van der Waals surface area contributed by atoms with Gasteiger partial charge >= 0.3 is 0 Å². The fourth-order valence-corrected chi connectivity index (χ4v) is 3.28. The maximum atomic E-state index is 12.1. The molecule has 0 saturated carbocycles. The van der Waals surface area contributed by atoms with Crippen molar-refractivity contribution in [3.63, 3.8) is 0 Å². The number of ether oxygens (including phenoxy) is 1. The lowest BCUT2D eigenvalue weighted by Crippen LogP contribution is -2.43. The van der Waals surface area contributed by atoms with Gasteiger partial charge in [-0.1, -0.05) is 35.3 Å². The highest BCUT2D eigenvalue weighted by Gasteiger charge is 2.25. The number of nitrogens with one attached hydrogen (secondary N) is 2. The van der Waals surface area contributed by atoms with Crippen molar-refractivity contribution < 1.29 is 22.9 Å². The van der Waals surface area contributed by atoms with Crippen molar-refractivity contribution in [3.8, 4) is 5.75 Å². The van der Waals surface area contributed by atoms with Crippen molar-refractivity contribution in [1.29, 1.82) is 0 Å². The van der Waals surface area contributed by atoms with E-state index in [2.05, 4.69) is 0 Å². The van der Waals surface area contributed by atoms with E-state index >= 15 is 0 Å². The van der Waals surface area contributed by atoms with Gasteiger partial charge < -0.3 is 4.74 Å². The smallest absolute Gasteiger partial charge is 0.289 e. The first kappa shape index (κ1) is 19.9. The number of hydrazine groups is 1. The van der Waals surface area contributed by atoms with E-state index in [0.717, 1.165) is 12.1 Å². The van der Waals surface area contributed by atoms with Crippen molar-refractivity contribution in [2.24, 2.45) is 0 Å². The number of amides is 1. The van der Waals surface area contributed by atoms with Gasteiger partial charge in [0.05, 0.1) is 9.95 Å². The molecule has 0 heterocycles. The summed E-state index contributed by atoms with van der Waals surface area (Å²) in [5.74, 6) is -0.675. The topological polar surface area (TPSA) is 128 Å². The molecular weight excluding hydrogens is 409 g/mol. The van der Waals surface area contributed by atoms with Crippen LogP contribution >= 0.6 is 23.2 Å². The van der Waals surface area contributed by atoms with E-state index in [1.807, 2.05) is 5.43 Å². The van der Waals surface area contributed by atoms with Gasteiger partial charge in [-0.15, -0.1) is 4.83 Å². The zero-order chi connectivity index (χ0) is 19.3. The molecule has 9 nitrogen and oxygen atoms in total. The van der Waals surface area contributed by atoms with Gasteiger partial charge in [0.2, 0.25) is 0 Å². The van der Waals surface area contributed by atoms with Crippen LogP contribution in [0.25, 0.3) is 0 Å². The minimum Gasteiger partial charge on any atom is -0.482 e. The molecule has 0 bridgehead atoms. The molecule has 138 valence electrons. The monoisotopic (exact) mass is 419 g/mol. The average molecular weight is 420 g/mol. The number of nitrogens with zero attached hydrogens (tertiary/aromatic N) is 1. The molecule has 0 saturated heterocycles. The number of hydrogen-bond acceptors (Lipinski definition) is 6. The third kappa shape index (κ3) is 5.05. The number of carbonyl (C=O) groups is 1. The molecule has 0 unspecified atom stereocenters. The minimum atomic E-state index is -4.35. The SMILES string of the molecule is O=C(COc1ccc(Cl)cc1Cl)NNS(=O)(=O)c1ccccc1[N+](=O)[O-]. The Hall–Kier alpha value is -2.40. The highest BCUT2D eigenvalue weighted by molar-refractivity contribution is 7.89. The van der Waals surface area contributed by atoms with E-state index in [4.69, 9.17) is 27.9 Å². The van der Waals surface area contributed by atoms with Crippen molar-refractivity contribution in [1.82, 2.24) is 10.3 Å². The van der Waals surface area contributed by atoms with Gasteiger partial charge in [0, 0.05) is 11.1 Å². The fraction of sp³-hybridized carbons (Fsp3) is 0.0714. The van der Waals surface area contributed by atoms with Crippen LogP contribution in [0.1, 0.15) is 0 Å². The number of halogens is 2. The normalized spacial score (nSPS) is 11.0. The molecule has 2 N–H and O–H groups in total. The van der Waals surface area contributed by atoms with Crippen molar-refractivity contribution >= 4 is 44.8 Å². The molecule has 12 heteroatoms. The zero-order valence-corrected chi connectivity index (χ0v) is 15.1. The molecule has 0 aliphatic rings. The van der Waals surface area contributed by atoms with Gasteiger partial charge in [-0.05, 0) is 24.3 Å². The highest BCUT2D eigenvalue weighted by Crippen LogP contribution is 2.27. The number of sulfonamides is 1. The van der Waals surface area contributed by atoms with Crippen molar-refractivity contribution in [2.75, 3.05) is 6.61 Å². The molecular formula is C14H11Cl2N3O6S. The second-order valence-corrected chi connectivity index (χ2v) is 7.24. The van der Waals surface area contributed by atoms with Crippen molar-refractivity contribution in [3.05, 3.63) is 62.6 Å². The second-order valence-electron chi connectivity index (χ2n) is 4.74. The quantitative estimate of drug-likeness (QED) is 0.523. The average Bonchev–Trinajstić information content (AvgIpc) is 2.59. The number of benzene rings is 2. The summed E-state index contributed by atoms with van der Waals surface area (Å²) in [7, 11) is -4.35. The van der Waals surface area contributed by atoms with Crippen LogP contribution < -0.4 is 15.0 Å². The number of carbonyl (C=O) groups excluding carboxylic acids is 1. The molecule has 0 aliphatic carbocycles. The second kappa shape index (κ2) is 8.32. The first-order chi connectivity index (χ1) is 12.2. The van der Waals surface area contributed by atoms with Crippen LogP contribution in [-0.2, 0) is 14.8 Å². The first-order valence-corrected chi connectivity index (χ1v) is 9.06. The van der Waals surface area contributed by atoms with Crippen LogP contribution in [0, 0.1) is 10.1 Å². The van der Waals surface area contributed by atoms with Gasteiger partial charge in [0.1, 0.15) is 5.75 Å². The number of nitro benzene ring substituents is 1. The molecule has 0 aromatic heterocycles. The Morgan fingerprint density at radius 1 is 1.19 bits per heavy atom. The van der Waals surface area contributed by atoms with E-state index in [0.29, 0.717) is 5.02 Å². The highest BCUT2D eigenvalue weighted by atomic mass is 35.5. The summed E-state index contributed by atoms with van der Waals surface area (Å²) in [4.78, 5) is 23.0. The third-order valence-corrected chi connectivity index (χ3v) is 4.75. The summed E-state index contributed by atoms with van der Waals surface area (Å²) >= 11 is 11.6. The van der Waals surface area contributed by atoms with Crippen LogP contribution in [-0.4, -0.2) is 25.9 Å². The molecule has 26 heavy (non-hydrogen) atoms. The van der Waals surface area contributed by atoms with Gasteiger partial charge in [-0.3, -0.25) is 20.3 Å². The summed E-state index contributed by atoms with van der Waals surface area (Å²) in [5.41, 5.74) is 1.27. The maximum Gasteiger partial charge on any atom is 0.289 e. The summed E-state index contributed by atoms with van der Waals surface area (Å²) in [6.07, 6.45) is 0. The van der Waals surface area contributed by atoms with E-state index in [9.17, 15) is 23.3 Å². The lowest BCUT2D eigenvalue weighted by molar-refractivity contribution is -0.387. The molecule has 0 atom stereocenters. The number of para-hydroxylation sites is 1. The Labute approximate surface area is 158 Å². The van der Waals surface area contributed by atoms with Crippen molar-refractivity contribution in [2.45, 2.75) is 4.90 Å². The molecule has 0 spiro atoms. The number of nitro groups is 1.